The predicted molar refractivity (Wildman–Crippen MR) is 72.2 cm³/mol. The van der Waals surface area contributed by atoms with E-state index in [1.165, 1.54) is 0 Å². The molecule has 1 aliphatic heterocycles. The zero-order valence-electron chi connectivity index (χ0n) is 10.3. The van der Waals surface area contributed by atoms with Crippen molar-refractivity contribution in [1.82, 2.24) is 14.4 Å². The van der Waals surface area contributed by atoms with Gasteiger partial charge in [-0.05, 0) is 24.6 Å². The van der Waals surface area contributed by atoms with E-state index in [1.54, 1.807) is 0 Å². The summed E-state index contributed by atoms with van der Waals surface area (Å²) in [5.74, 6) is 1.48. The largest absolute Gasteiger partial charge is 0.353 e. The molecule has 3 aromatic rings. The second-order valence-corrected chi connectivity index (χ2v) is 4.89. The first-order valence-corrected chi connectivity index (χ1v) is 6.44. The summed E-state index contributed by atoms with van der Waals surface area (Å²) in [5.41, 5.74) is 1.97. The van der Waals surface area contributed by atoms with Crippen LogP contribution in [-0.4, -0.2) is 33.6 Å². The van der Waals surface area contributed by atoms with Gasteiger partial charge in [-0.2, -0.15) is 4.98 Å². The minimum atomic E-state index is -0.739. The Morgan fingerprint density at radius 1 is 1.16 bits per heavy atom. The van der Waals surface area contributed by atoms with E-state index < -0.39 is 6.17 Å². The highest BCUT2D eigenvalue weighted by Crippen LogP contribution is 2.22. The number of fused-ring (bicyclic) bond motifs is 3. The first-order valence-electron chi connectivity index (χ1n) is 6.44. The molecular formula is C14H13FN4. The van der Waals surface area contributed by atoms with Gasteiger partial charge in [0.15, 0.2) is 0 Å². The van der Waals surface area contributed by atoms with Crippen molar-refractivity contribution in [2.45, 2.75) is 12.6 Å². The Morgan fingerprint density at radius 2 is 2.05 bits per heavy atom. The van der Waals surface area contributed by atoms with Crippen molar-refractivity contribution in [3.8, 4) is 0 Å². The number of nitrogens with zero attached hydrogens (tertiary/aromatic N) is 4. The van der Waals surface area contributed by atoms with Gasteiger partial charge in [-0.15, -0.1) is 0 Å². The van der Waals surface area contributed by atoms with Gasteiger partial charge in [-0.25, -0.2) is 9.37 Å². The molecule has 19 heavy (non-hydrogen) atoms. The lowest BCUT2D eigenvalue weighted by atomic mass is 10.3. The minimum Gasteiger partial charge on any atom is -0.353 e. The summed E-state index contributed by atoms with van der Waals surface area (Å²) in [5, 5.41) is 0. The number of rotatable bonds is 1. The van der Waals surface area contributed by atoms with Gasteiger partial charge >= 0.3 is 0 Å². The molecule has 3 heterocycles. The molecule has 0 amide bonds. The second-order valence-electron chi connectivity index (χ2n) is 4.89. The van der Waals surface area contributed by atoms with Gasteiger partial charge in [0.2, 0.25) is 5.78 Å². The van der Waals surface area contributed by atoms with E-state index in [4.69, 9.17) is 0 Å². The Kier molecular flexibility index (Phi) is 2.21. The van der Waals surface area contributed by atoms with E-state index >= 15 is 0 Å². The number of aromatic nitrogens is 3. The van der Waals surface area contributed by atoms with Crippen LogP contribution in [0.5, 0.6) is 0 Å². The molecule has 0 bridgehead atoms. The number of alkyl halides is 1. The fourth-order valence-electron chi connectivity index (χ4n) is 2.64. The quantitative estimate of drug-likeness (QED) is 0.670. The summed E-state index contributed by atoms with van der Waals surface area (Å²) in [7, 11) is 0. The van der Waals surface area contributed by atoms with Crippen LogP contribution in [0.4, 0.5) is 10.2 Å². The highest BCUT2D eigenvalue weighted by atomic mass is 19.1. The van der Waals surface area contributed by atoms with Gasteiger partial charge in [0.05, 0.1) is 17.6 Å². The molecule has 0 saturated carbocycles. The molecule has 1 aliphatic rings. The maximum absolute atomic E-state index is 13.3. The average Bonchev–Trinajstić information content (AvgIpc) is 3.01. The average molecular weight is 256 g/mol. The summed E-state index contributed by atoms with van der Waals surface area (Å²) >= 11 is 0. The van der Waals surface area contributed by atoms with Gasteiger partial charge in [-0.1, -0.05) is 12.1 Å². The SMILES string of the molecule is F[C@H]1CCN(c2ccn3c(n2)nc2ccccc23)C1. The van der Waals surface area contributed by atoms with E-state index in [-0.39, 0.29) is 0 Å². The van der Waals surface area contributed by atoms with Crippen molar-refractivity contribution in [2.24, 2.45) is 0 Å². The highest BCUT2D eigenvalue weighted by Gasteiger charge is 2.23. The van der Waals surface area contributed by atoms with Crippen LogP contribution in [0.15, 0.2) is 36.5 Å². The van der Waals surface area contributed by atoms with Gasteiger partial charge in [0.1, 0.15) is 12.0 Å². The van der Waals surface area contributed by atoms with E-state index in [0.717, 1.165) is 23.4 Å². The Hall–Kier alpha value is -2.17. The van der Waals surface area contributed by atoms with Crippen LogP contribution >= 0.6 is 0 Å². The van der Waals surface area contributed by atoms with Crippen molar-refractivity contribution in [2.75, 3.05) is 18.0 Å². The van der Waals surface area contributed by atoms with Crippen LogP contribution in [0.1, 0.15) is 6.42 Å². The number of halogens is 1. The Balaban J connectivity index is 1.85. The monoisotopic (exact) mass is 256 g/mol. The third kappa shape index (κ3) is 1.65. The van der Waals surface area contributed by atoms with Gasteiger partial charge in [0, 0.05) is 12.7 Å². The molecule has 1 saturated heterocycles. The van der Waals surface area contributed by atoms with E-state index in [9.17, 15) is 4.39 Å². The molecule has 5 heteroatoms. The van der Waals surface area contributed by atoms with E-state index in [0.29, 0.717) is 18.7 Å². The molecule has 1 fully saturated rings. The highest BCUT2D eigenvalue weighted by molar-refractivity contribution is 5.79. The van der Waals surface area contributed by atoms with Crippen molar-refractivity contribution >= 4 is 22.6 Å². The van der Waals surface area contributed by atoms with Crippen molar-refractivity contribution in [1.29, 1.82) is 0 Å². The summed E-state index contributed by atoms with van der Waals surface area (Å²) in [6, 6.07) is 9.86. The fourth-order valence-corrected chi connectivity index (χ4v) is 2.64. The molecule has 4 rings (SSSR count). The molecule has 1 aromatic carbocycles. The predicted octanol–water partition coefficient (Wildman–Crippen LogP) is 2.43. The van der Waals surface area contributed by atoms with E-state index in [1.807, 2.05) is 45.8 Å². The van der Waals surface area contributed by atoms with Crippen LogP contribution in [0.3, 0.4) is 0 Å². The fraction of sp³-hybridized carbons (Fsp3) is 0.286. The van der Waals surface area contributed by atoms with Crippen molar-refractivity contribution in [3.05, 3.63) is 36.5 Å². The summed E-state index contributed by atoms with van der Waals surface area (Å²) in [4.78, 5) is 11.0. The summed E-state index contributed by atoms with van der Waals surface area (Å²) in [6.07, 6.45) is 1.80. The molecule has 0 spiro atoms. The summed E-state index contributed by atoms with van der Waals surface area (Å²) in [6.45, 7) is 1.16. The number of anilines is 1. The first kappa shape index (κ1) is 10.7. The molecule has 0 N–H and O–H groups in total. The Morgan fingerprint density at radius 3 is 2.89 bits per heavy atom. The third-order valence-electron chi connectivity index (χ3n) is 3.62. The second kappa shape index (κ2) is 3.91. The first-order chi connectivity index (χ1) is 9.31. The smallest absolute Gasteiger partial charge is 0.236 e. The third-order valence-corrected chi connectivity index (χ3v) is 3.62. The molecule has 1 atom stereocenters. The lowest BCUT2D eigenvalue weighted by molar-refractivity contribution is 0.364. The number of hydrogen-bond acceptors (Lipinski definition) is 3. The number of hydrogen-bond donors (Lipinski definition) is 0. The zero-order valence-corrected chi connectivity index (χ0v) is 10.3. The number of imidazole rings is 1. The Labute approximate surface area is 109 Å². The van der Waals surface area contributed by atoms with Crippen molar-refractivity contribution < 1.29 is 4.39 Å². The lowest BCUT2D eigenvalue weighted by Crippen LogP contribution is -2.21. The van der Waals surface area contributed by atoms with Crippen LogP contribution < -0.4 is 4.90 Å². The van der Waals surface area contributed by atoms with Gasteiger partial charge in [0.25, 0.3) is 0 Å². The van der Waals surface area contributed by atoms with Crippen molar-refractivity contribution in [3.63, 3.8) is 0 Å². The van der Waals surface area contributed by atoms with Gasteiger partial charge < -0.3 is 4.90 Å². The van der Waals surface area contributed by atoms with Crippen LogP contribution in [0, 0.1) is 0 Å². The molecular weight excluding hydrogens is 243 g/mol. The normalized spacial score (nSPS) is 19.6. The van der Waals surface area contributed by atoms with Crippen LogP contribution in [-0.2, 0) is 0 Å². The molecule has 4 nitrogen and oxygen atoms in total. The summed E-state index contributed by atoms with van der Waals surface area (Å²) < 4.78 is 15.2. The van der Waals surface area contributed by atoms with Crippen LogP contribution in [0.25, 0.3) is 16.8 Å². The number of para-hydroxylation sites is 2. The molecule has 0 unspecified atom stereocenters. The standard InChI is InChI=1S/C14H13FN4/c15-10-5-7-18(9-10)13-6-8-19-12-4-2-1-3-11(12)16-14(19)17-13/h1-4,6,8,10H,5,7,9H2/t10-/m0/s1. The van der Waals surface area contributed by atoms with Crippen LogP contribution in [0.2, 0.25) is 0 Å². The maximum atomic E-state index is 13.3. The molecule has 96 valence electrons. The number of benzene rings is 1. The molecule has 2 aromatic heterocycles. The topological polar surface area (TPSA) is 33.4 Å². The van der Waals surface area contributed by atoms with Gasteiger partial charge in [-0.3, -0.25) is 4.40 Å². The molecule has 0 aliphatic carbocycles. The molecule has 0 radical (unpaired) electrons. The zero-order chi connectivity index (χ0) is 12.8. The van der Waals surface area contributed by atoms with E-state index in [2.05, 4.69) is 9.97 Å². The Bertz CT molecular complexity index is 751. The lowest BCUT2D eigenvalue weighted by Gasteiger charge is -2.15. The maximum Gasteiger partial charge on any atom is 0.236 e. The minimum absolute atomic E-state index is 0.434.